The van der Waals surface area contributed by atoms with Crippen LogP contribution in [0.15, 0.2) is 0 Å². The molecule has 2 aliphatic carbocycles. The first-order valence-corrected chi connectivity index (χ1v) is 7.62. The first-order chi connectivity index (χ1) is 7.65. The van der Waals surface area contributed by atoms with Gasteiger partial charge >= 0.3 is 0 Å². The second-order valence-electron chi connectivity index (χ2n) is 5.36. The Morgan fingerprint density at radius 1 is 1.38 bits per heavy atom. The Bertz CT molecular complexity index is 255. The molecule has 0 radical (unpaired) electrons. The van der Waals surface area contributed by atoms with Crippen LogP contribution in [0.4, 0.5) is 0 Å². The van der Waals surface area contributed by atoms with Crippen LogP contribution in [-0.2, 0) is 0 Å². The van der Waals surface area contributed by atoms with Gasteiger partial charge in [-0.25, -0.2) is 0 Å². The highest BCUT2D eigenvalue weighted by Crippen LogP contribution is 2.44. The van der Waals surface area contributed by atoms with Crippen molar-refractivity contribution in [3.05, 3.63) is 0 Å². The Morgan fingerprint density at radius 3 is 2.75 bits per heavy atom. The van der Waals surface area contributed by atoms with Crippen molar-refractivity contribution in [1.82, 2.24) is 10.2 Å². The lowest BCUT2D eigenvalue weighted by Crippen LogP contribution is -2.36. The zero-order chi connectivity index (χ0) is 11.5. The summed E-state index contributed by atoms with van der Waals surface area (Å²) >= 11 is 7.19. The summed E-state index contributed by atoms with van der Waals surface area (Å²) in [5, 5.41) is 3.56. The molecule has 2 nitrogen and oxygen atoms in total. The topological polar surface area (TPSA) is 15.3 Å². The molecule has 2 saturated carbocycles. The smallest absolute Gasteiger partial charge is 0.134 e. The third-order valence-corrected chi connectivity index (χ3v) is 5.05. The van der Waals surface area contributed by atoms with E-state index in [9.17, 15) is 0 Å². The fourth-order valence-corrected chi connectivity index (χ4v) is 4.21. The number of hydrogen-bond acceptors (Lipinski definition) is 3. The van der Waals surface area contributed by atoms with Gasteiger partial charge in [0.2, 0.25) is 0 Å². The normalized spacial score (nSPS) is 32.3. The average molecular weight is 258 g/mol. The molecule has 1 N–H and O–H groups in total. The minimum atomic E-state index is 0.693. The molecule has 16 heavy (non-hydrogen) atoms. The molecule has 0 heterocycles. The maximum Gasteiger partial charge on any atom is 0.134 e. The molecule has 0 saturated heterocycles. The summed E-state index contributed by atoms with van der Waals surface area (Å²) in [6.07, 6.45) is 5.69. The maximum atomic E-state index is 5.39. The van der Waals surface area contributed by atoms with Crippen molar-refractivity contribution in [2.75, 3.05) is 26.4 Å². The SMILES string of the molecule is CN(C)CCSC(=S)NC1CC2CCC1C2. The van der Waals surface area contributed by atoms with E-state index in [1.54, 1.807) is 11.8 Å². The Labute approximate surface area is 109 Å². The van der Waals surface area contributed by atoms with E-state index in [2.05, 4.69) is 24.3 Å². The molecule has 0 aromatic heterocycles. The van der Waals surface area contributed by atoms with Gasteiger partial charge in [0.1, 0.15) is 4.32 Å². The van der Waals surface area contributed by atoms with Crippen molar-refractivity contribution in [3.63, 3.8) is 0 Å². The molecule has 0 aromatic rings. The number of nitrogens with one attached hydrogen (secondary N) is 1. The lowest BCUT2D eigenvalue weighted by molar-refractivity contribution is 0.393. The number of rotatable bonds is 4. The largest absolute Gasteiger partial charge is 0.368 e. The Kier molecular flexibility index (Phi) is 4.50. The summed E-state index contributed by atoms with van der Waals surface area (Å²) in [5.74, 6) is 3.01. The van der Waals surface area contributed by atoms with Gasteiger partial charge in [-0.3, -0.25) is 0 Å². The van der Waals surface area contributed by atoms with Gasteiger partial charge in [0, 0.05) is 18.3 Å². The zero-order valence-electron chi connectivity index (χ0n) is 10.2. The van der Waals surface area contributed by atoms with Gasteiger partial charge in [-0.2, -0.15) is 0 Å². The third-order valence-electron chi connectivity index (χ3n) is 3.81. The zero-order valence-corrected chi connectivity index (χ0v) is 11.9. The van der Waals surface area contributed by atoms with Crippen molar-refractivity contribution in [2.45, 2.75) is 31.7 Å². The molecule has 2 aliphatic rings. The van der Waals surface area contributed by atoms with Crippen LogP contribution < -0.4 is 5.32 Å². The van der Waals surface area contributed by atoms with E-state index < -0.39 is 0 Å². The quantitative estimate of drug-likeness (QED) is 0.778. The first-order valence-electron chi connectivity index (χ1n) is 6.23. The number of hydrogen-bond donors (Lipinski definition) is 1. The van der Waals surface area contributed by atoms with Gasteiger partial charge in [-0.05, 0) is 45.2 Å². The molecule has 0 aromatic carbocycles. The summed E-state index contributed by atoms with van der Waals surface area (Å²) < 4.78 is 1.01. The number of thioether (sulfide) groups is 1. The fraction of sp³-hybridized carbons (Fsp3) is 0.917. The summed E-state index contributed by atoms with van der Waals surface area (Å²) in [5.41, 5.74) is 0. The average Bonchev–Trinajstić information content (AvgIpc) is 2.78. The van der Waals surface area contributed by atoms with Gasteiger partial charge < -0.3 is 10.2 Å². The Balaban J connectivity index is 1.64. The molecule has 2 rings (SSSR count). The van der Waals surface area contributed by atoms with Crippen LogP contribution in [0.3, 0.4) is 0 Å². The van der Waals surface area contributed by atoms with E-state index >= 15 is 0 Å². The summed E-state index contributed by atoms with van der Waals surface area (Å²) in [4.78, 5) is 2.20. The lowest BCUT2D eigenvalue weighted by atomic mass is 9.96. The summed E-state index contributed by atoms with van der Waals surface area (Å²) in [6, 6.07) is 0.693. The molecule has 92 valence electrons. The minimum absolute atomic E-state index is 0.693. The van der Waals surface area contributed by atoms with Gasteiger partial charge in [-0.15, -0.1) is 0 Å². The highest BCUT2D eigenvalue weighted by atomic mass is 32.2. The standard InChI is InChI=1S/C12H22N2S2/c1-14(2)5-6-16-12(15)13-11-8-9-3-4-10(11)7-9/h9-11H,3-8H2,1-2H3,(H,13,15). The van der Waals surface area contributed by atoms with Crippen molar-refractivity contribution >= 4 is 28.3 Å². The minimum Gasteiger partial charge on any atom is -0.368 e. The molecule has 3 unspecified atom stereocenters. The fourth-order valence-electron chi connectivity index (χ4n) is 2.94. The van der Waals surface area contributed by atoms with Crippen LogP contribution >= 0.6 is 24.0 Å². The lowest BCUT2D eigenvalue weighted by Gasteiger charge is -2.24. The molecule has 0 aliphatic heterocycles. The van der Waals surface area contributed by atoms with E-state index in [4.69, 9.17) is 12.2 Å². The molecular formula is C12H22N2S2. The van der Waals surface area contributed by atoms with Crippen LogP contribution in [0.5, 0.6) is 0 Å². The molecule has 0 spiro atoms. The monoisotopic (exact) mass is 258 g/mol. The predicted molar refractivity (Wildman–Crippen MR) is 76.0 cm³/mol. The van der Waals surface area contributed by atoms with Crippen molar-refractivity contribution in [3.8, 4) is 0 Å². The van der Waals surface area contributed by atoms with Gasteiger partial charge in [0.05, 0.1) is 0 Å². The van der Waals surface area contributed by atoms with Crippen molar-refractivity contribution < 1.29 is 0 Å². The Hall–Kier alpha value is 0.200. The number of fused-ring (bicyclic) bond motifs is 2. The van der Waals surface area contributed by atoms with Crippen molar-refractivity contribution in [1.29, 1.82) is 0 Å². The van der Waals surface area contributed by atoms with E-state index in [-0.39, 0.29) is 0 Å². The van der Waals surface area contributed by atoms with E-state index in [1.807, 2.05) is 0 Å². The van der Waals surface area contributed by atoms with Crippen LogP contribution in [0.1, 0.15) is 25.7 Å². The van der Waals surface area contributed by atoms with E-state index in [1.165, 1.54) is 25.7 Å². The first kappa shape index (κ1) is 12.7. The van der Waals surface area contributed by atoms with Crippen LogP contribution in [0.2, 0.25) is 0 Å². The highest BCUT2D eigenvalue weighted by Gasteiger charge is 2.39. The maximum absolute atomic E-state index is 5.39. The number of thiocarbonyl (C=S) groups is 1. The second-order valence-corrected chi connectivity index (χ2v) is 7.14. The summed E-state index contributed by atoms with van der Waals surface area (Å²) in [7, 11) is 4.21. The van der Waals surface area contributed by atoms with Crippen molar-refractivity contribution in [2.24, 2.45) is 11.8 Å². The van der Waals surface area contributed by atoms with Crippen LogP contribution in [0, 0.1) is 11.8 Å². The molecule has 2 fully saturated rings. The molecular weight excluding hydrogens is 236 g/mol. The van der Waals surface area contributed by atoms with Crippen LogP contribution in [0.25, 0.3) is 0 Å². The predicted octanol–water partition coefficient (Wildman–Crippen LogP) is 2.34. The van der Waals surface area contributed by atoms with Gasteiger partial charge in [0.25, 0.3) is 0 Å². The van der Waals surface area contributed by atoms with Gasteiger partial charge in [0.15, 0.2) is 0 Å². The highest BCUT2D eigenvalue weighted by molar-refractivity contribution is 8.22. The number of nitrogens with zero attached hydrogens (tertiary/aromatic N) is 1. The van der Waals surface area contributed by atoms with E-state index in [0.717, 1.165) is 28.5 Å². The van der Waals surface area contributed by atoms with Gasteiger partial charge in [-0.1, -0.05) is 30.4 Å². The Morgan fingerprint density at radius 2 is 2.19 bits per heavy atom. The molecule has 3 atom stereocenters. The van der Waals surface area contributed by atoms with Crippen LogP contribution in [-0.4, -0.2) is 41.7 Å². The molecule has 0 amide bonds. The van der Waals surface area contributed by atoms with E-state index in [0.29, 0.717) is 6.04 Å². The molecule has 2 bridgehead atoms. The summed E-state index contributed by atoms with van der Waals surface area (Å²) in [6.45, 7) is 1.10. The second kappa shape index (κ2) is 5.69. The molecule has 4 heteroatoms. The third kappa shape index (κ3) is 3.34.